The molecule has 0 radical (unpaired) electrons. The summed E-state index contributed by atoms with van der Waals surface area (Å²) < 4.78 is 48.4. The van der Waals surface area contributed by atoms with Crippen molar-refractivity contribution in [3.63, 3.8) is 0 Å². The number of rotatable bonds is 3. The monoisotopic (exact) mass is 456 g/mol. The molecule has 9 heteroatoms. The molecule has 0 N–H and O–H groups in total. The normalized spacial score (nSPS) is 19.4. The van der Waals surface area contributed by atoms with Crippen LogP contribution in [0.1, 0.15) is 52.5 Å². The molecule has 1 fully saturated rings. The Morgan fingerprint density at radius 2 is 1.88 bits per heavy atom. The lowest BCUT2D eigenvalue weighted by Crippen LogP contribution is -2.50. The summed E-state index contributed by atoms with van der Waals surface area (Å²) in [6.45, 7) is 1.83. The third-order valence-corrected chi connectivity index (χ3v) is 6.79. The van der Waals surface area contributed by atoms with Gasteiger partial charge >= 0.3 is 0 Å². The summed E-state index contributed by atoms with van der Waals surface area (Å²) in [5.41, 5.74) is 3.55. The molecule has 2 atom stereocenters. The zero-order valence-corrected chi connectivity index (χ0v) is 18.5. The second-order valence-electron chi connectivity index (χ2n) is 8.62. The molecule has 2 aromatic heterocycles. The van der Waals surface area contributed by atoms with Gasteiger partial charge in [-0.3, -0.25) is 14.5 Å². The molecule has 0 spiro atoms. The van der Waals surface area contributed by atoms with Crippen molar-refractivity contribution >= 4 is 5.91 Å². The molecule has 0 aliphatic carbocycles. The van der Waals surface area contributed by atoms with E-state index in [2.05, 4.69) is 10.1 Å². The van der Waals surface area contributed by atoms with Crippen LogP contribution in [0, 0.1) is 24.4 Å². The Morgan fingerprint density at radius 1 is 1.15 bits per heavy atom. The number of methoxy groups -OCH3 is 1. The van der Waals surface area contributed by atoms with Gasteiger partial charge in [0.15, 0.2) is 17.5 Å². The largest absolute Gasteiger partial charge is 0.495 e. The summed E-state index contributed by atoms with van der Waals surface area (Å²) in [5, 5.41) is 4.66. The van der Waals surface area contributed by atoms with Crippen molar-refractivity contribution in [1.82, 2.24) is 19.7 Å². The van der Waals surface area contributed by atoms with Gasteiger partial charge in [0.2, 0.25) is 0 Å². The number of nitrogens with zero attached hydrogens (tertiary/aromatic N) is 4. The average molecular weight is 456 g/mol. The highest BCUT2D eigenvalue weighted by Gasteiger charge is 2.44. The fourth-order valence-corrected chi connectivity index (χ4v) is 5.27. The number of fused-ring (bicyclic) bond motifs is 4. The Kier molecular flexibility index (Phi) is 5.14. The number of piperidine rings is 1. The van der Waals surface area contributed by atoms with Crippen LogP contribution < -0.4 is 4.74 Å². The molecule has 0 unspecified atom stereocenters. The van der Waals surface area contributed by atoms with E-state index in [0.717, 1.165) is 48.2 Å². The summed E-state index contributed by atoms with van der Waals surface area (Å²) >= 11 is 0. The average Bonchev–Trinajstić information content (AvgIpc) is 3.12. The van der Waals surface area contributed by atoms with Crippen molar-refractivity contribution in [3.05, 3.63) is 64.4 Å². The maximum absolute atomic E-state index is 14.0. The molecule has 2 bridgehead atoms. The van der Waals surface area contributed by atoms with Gasteiger partial charge in [-0.25, -0.2) is 13.2 Å². The third-order valence-electron chi connectivity index (χ3n) is 6.79. The fourth-order valence-electron chi connectivity index (χ4n) is 5.27. The lowest BCUT2D eigenvalue weighted by molar-refractivity contribution is 0.0390. The second-order valence-corrected chi connectivity index (χ2v) is 8.62. The number of aromatic nitrogens is 3. The summed E-state index contributed by atoms with van der Waals surface area (Å²) in [5.74, 6) is -3.57. The van der Waals surface area contributed by atoms with Crippen LogP contribution in [0.25, 0.3) is 11.3 Å². The van der Waals surface area contributed by atoms with E-state index >= 15 is 0 Å². The Balaban J connectivity index is 1.59. The molecule has 33 heavy (non-hydrogen) atoms. The quantitative estimate of drug-likeness (QED) is 0.545. The molecule has 1 amide bonds. The first kappa shape index (κ1) is 21.5. The van der Waals surface area contributed by atoms with Gasteiger partial charge in [-0.1, -0.05) is 0 Å². The first-order valence-electron chi connectivity index (χ1n) is 10.8. The van der Waals surface area contributed by atoms with Gasteiger partial charge in [-0.2, -0.15) is 5.10 Å². The fraction of sp³-hybridized carbons (Fsp3) is 0.375. The minimum atomic E-state index is -1.49. The van der Waals surface area contributed by atoms with Gasteiger partial charge in [0.05, 0.1) is 36.3 Å². The number of pyridine rings is 1. The highest BCUT2D eigenvalue weighted by molar-refractivity contribution is 5.96. The standard InChI is InChI=1S/C24H23F3N4O2/c1-12-16(10-28-11-20(12)33-3)24(32)31-14-5-4-6-19(31)22-15(9-14)23(30(2)29-22)13-7-17(25)21(27)18(26)8-13/h7-8,10-11,14,19H,4-6,9H2,1-3H3/t14-,19+/m0/s1. The maximum Gasteiger partial charge on any atom is 0.256 e. The minimum absolute atomic E-state index is 0.0903. The predicted octanol–water partition coefficient (Wildman–Crippen LogP) is 4.51. The van der Waals surface area contributed by atoms with E-state index in [1.807, 2.05) is 11.8 Å². The smallest absolute Gasteiger partial charge is 0.256 e. The van der Waals surface area contributed by atoms with E-state index in [0.29, 0.717) is 23.4 Å². The van der Waals surface area contributed by atoms with Crippen molar-refractivity contribution in [2.75, 3.05) is 7.11 Å². The first-order valence-corrected chi connectivity index (χ1v) is 10.8. The van der Waals surface area contributed by atoms with Crippen molar-refractivity contribution in [1.29, 1.82) is 0 Å². The van der Waals surface area contributed by atoms with Crippen molar-refractivity contribution < 1.29 is 22.7 Å². The van der Waals surface area contributed by atoms with Crippen LogP contribution in [-0.4, -0.2) is 38.7 Å². The third kappa shape index (κ3) is 3.29. The number of amides is 1. The van der Waals surface area contributed by atoms with Gasteiger partial charge in [-0.05, 0) is 44.7 Å². The molecule has 2 aliphatic rings. The molecule has 0 saturated carbocycles. The summed E-state index contributed by atoms with van der Waals surface area (Å²) in [7, 11) is 3.23. The highest BCUT2D eigenvalue weighted by atomic mass is 19.2. The summed E-state index contributed by atoms with van der Waals surface area (Å²) in [6.07, 6.45) is 6.11. The highest BCUT2D eigenvalue weighted by Crippen LogP contribution is 2.45. The van der Waals surface area contributed by atoms with Gasteiger partial charge < -0.3 is 9.64 Å². The molecule has 3 aromatic rings. The van der Waals surface area contributed by atoms with Gasteiger partial charge in [-0.15, -0.1) is 0 Å². The summed E-state index contributed by atoms with van der Waals surface area (Å²) in [4.78, 5) is 19.7. The van der Waals surface area contributed by atoms with E-state index in [1.54, 1.807) is 24.1 Å². The number of hydrogen-bond donors (Lipinski definition) is 0. The SMILES string of the molecule is COc1cncc(C(=O)N2[C@H]3CCC[C@@H]2c2nn(C)c(-c4cc(F)c(F)c(F)c4)c2C3)c1C. The van der Waals surface area contributed by atoms with Crippen LogP contribution in [-0.2, 0) is 13.5 Å². The maximum atomic E-state index is 14.0. The summed E-state index contributed by atoms with van der Waals surface area (Å²) in [6, 6.07) is 1.64. The van der Waals surface area contributed by atoms with Crippen LogP contribution >= 0.6 is 0 Å². The number of carbonyl (C=O) groups is 1. The topological polar surface area (TPSA) is 60.2 Å². The Bertz CT molecular complexity index is 1250. The molecular weight excluding hydrogens is 433 g/mol. The number of benzene rings is 1. The molecule has 2 aliphatic heterocycles. The van der Waals surface area contributed by atoms with Gasteiger partial charge in [0, 0.05) is 36.0 Å². The van der Waals surface area contributed by atoms with E-state index in [9.17, 15) is 18.0 Å². The molecule has 4 heterocycles. The van der Waals surface area contributed by atoms with Crippen molar-refractivity contribution in [2.24, 2.45) is 7.05 Å². The van der Waals surface area contributed by atoms with Crippen LogP contribution in [0.15, 0.2) is 24.5 Å². The molecular formula is C24H23F3N4O2. The Labute approximate surface area is 189 Å². The zero-order chi connectivity index (χ0) is 23.4. The van der Waals surface area contributed by atoms with E-state index in [1.165, 1.54) is 7.11 Å². The van der Waals surface area contributed by atoms with Gasteiger partial charge in [0.25, 0.3) is 5.91 Å². The van der Waals surface area contributed by atoms with E-state index in [-0.39, 0.29) is 23.6 Å². The number of hydrogen-bond acceptors (Lipinski definition) is 4. The zero-order valence-electron chi connectivity index (χ0n) is 18.5. The Hall–Kier alpha value is -3.36. The number of halogens is 3. The molecule has 1 aromatic carbocycles. The lowest BCUT2D eigenvalue weighted by Gasteiger charge is -2.45. The number of ether oxygens (including phenoxy) is 1. The molecule has 6 nitrogen and oxygen atoms in total. The molecule has 172 valence electrons. The Morgan fingerprint density at radius 3 is 2.58 bits per heavy atom. The van der Waals surface area contributed by atoms with Gasteiger partial charge in [0.1, 0.15) is 5.75 Å². The van der Waals surface area contributed by atoms with Crippen LogP contribution in [0.5, 0.6) is 5.75 Å². The van der Waals surface area contributed by atoms with E-state index < -0.39 is 17.5 Å². The van der Waals surface area contributed by atoms with Crippen LogP contribution in [0.4, 0.5) is 13.2 Å². The molecule has 1 saturated heterocycles. The number of carbonyl (C=O) groups excluding carboxylic acids is 1. The van der Waals surface area contributed by atoms with Crippen molar-refractivity contribution in [2.45, 2.75) is 44.7 Å². The number of aryl methyl sites for hydroxylation is 1. The van der Waals surface area contributed by atoms with Crippen molar-refractivity contribution in [3.8, 4) is 17.0 Å². The van der Waals surface area contributed by atoms with E-state index in [4.69, 9.17) is 4.74 Å². The minimum Gasteiger partial charge on any atom is -0.495 e. The van der Waals surface area contributed by atoms with Crippen LogP contribution in [0.2, 0.25) is 0 Å². The first-order chi connectivity index (χ1) is 15.8. The predicted molar refractivity (Wildman–Crippen MR) is 114 cm³/mol. The lowest BCUT2D eigenvalue weighted by atomic mass is 9.81. The van der Waals surface area contributed by atoms with Crippen LogP contribution in [0.3, 0.4) is 0 Å². The second kappa shape index (κ2) is 7.90. The molecule has 5 rings (SSSR count).